The van der Waals surface area contributed by atoms with Gasteiger partial charge < -0.3 is 9.64 Å². The number of nitrogens with zero attached hydrogens (tertiary/aromatic N) is 3. The van der Waals surface area contributed by atoms with E-state index >= 15 is 0 Å². The van der Waals surface area contributed by atoms with Gasteiger partial charge in [0, 0.05) is 13.6 Å². The van der Waals surface area contributed by atoms with E-state index in [2.05, 4.69) is 0 Å². The van der Waals surface area contributed by atoms with Crippen LogP contribution >= 0.6 is 0 Å². The van der Waals surface area contributed by atoms with Crippen LogP contribution in [0.15, 0.2) is 18.2 Å². The fourth-order valence-corrected chi connectivity index (χ4v) is 1.69. The van der Waals surface area contributed by atoms with E-state index in [1.54, 1.807) is 30.1 Å². The van der Waals surface area contributed by atoms with Gasteiger partial charge in [0.05, 0.1) is 23.5 Å². The van der Waals surface area contributed by atoms with E-state index < -0.39 is 4.92 Å². The molecule has 0 bridgehead atoms. The van der Waals surface area contributed by atoms with E-state index in [1.165, 1.54) is 0 Å². The third kappa shape index (κ3) is 3.85. The Morgan fingerprint density at radius 1 is 1.53 bits per heavy atom. The van der Waals surface area contributed by atoms with Crippen LogP contribution in [0.4, 0.5) is 11.4 Å². The van der Waals surface area contributed by atoms with E-state index in [9.17, 15) is 10.1 Å². The molecule has 0 unspecified atom stereocenters. The first-order valence-electron chi connectivity index (χ1n) is 5.99. The monoisotopic (exact) mass is 263 g/mol. The lowest BCUT2D eigenvalue weighted by molar-refractivity contribution is -0.385. The van der Waals surface area contributed by atoms with Gasteiger partial charge in [-0.05, 0) is 26.0 Å². The lowest BCUT2D eigenvalue weighted by Crippen LogP contribution is -2.20. The van der Waals surface area contributed by atoms with Crippen LogP contribution in [-0.4, -0.2) is 24.6 Å². The highest BCUT2D eigenvalue weighted by atomic mass is 16.6. The summed E-state index contributed by atoms with van der Waals surface area (Å²) in [7, 11) is 1.72. The number of nitro benzene ring substituents is 1. The number of anilines is 1. The second-order valence-corrected chi connectivity index (χ2v) is 4.38. The van der Waals surface area contributed by atoms with Crippen molar-refractivity contribution in [3.8, 4) is 11.8 Å². The minimum atomic E-state index is -0.448. The lowest BCUT2D eigenvalue weighted by Gasteiger charge is -2.19. The van der Waals surface area contributed by atoms with Crippen molar-refractivity contribution in [2.24, 2.45) is 0 Å². The topological polar surface area (TPSA) is 79.4 Å². The SMILES string of the molecule is CC(C)Oc1cccc(N(C)CCC#N)c1[N+](=O)[O-]. The molecular formula is C13H17N3O3. The first kappa shape index (κ1) is 14.8. The average Bonchev–Trinajstić information content (AvgIpc) is 2.34. The molecule has 0 heterocycles. The zero-order valence-electron chi connectivity index (χ0n) is 11.3. The normalized spacial score (nSPS) is 10.1. The Labute approximate surface area is 112 Å². The second kappa shape index (κ2) is 6.59. The molecule has 0 aromatic heterocycles. The molecule has 0 aliphatic rings. The van der Waals surface area contributed by atoms with Crippen molar-refractivity contribution >= 4 is 11.4 Å². The number of rotatable bonds is 6. The largest absolute Gasteiger partial charge is 0.484 e. The van der Waals surface area contributed by atoms with Gasteiger partial charge in [0.2, 0.25) is 0 Å². The summed E-state index contributed by atoms with van der Waals surface area (Å²) >= 11 is 0. The molecule has 6 heteroatoms. The van der Waals surface area contributed by atoms with Crippen LogP contribution < -0.4 is 9.64 Å². The zero-order chi connectivity index (χ0) is 14.4. The zero-order valence-corrected chi connectivity index (χ0v) is 11.3. The van der Waals surface area contributed by atoms with Gasteiger partial charge in [-0.25, -0.2) is 0 Å². The molecule has 0 aliphatic heterocycles. The minimum Gasteiger partial charge on any atom is -0.484 e. The first-order valence-corrected chi connectivity index (χ1v) is 5.99. The smallest absolute Gasteiger partial charge is 0.333 e. The van der Waals surface area contributed by atoms with Gasteiger partial charge in [-0.3, -0.25) is 10.1 Å². The number of nitro groups is 1. The van der Waals surface area contributed by atoms with E-state index in [0.717, 1.165) is 0 Å². The second-order valence-electron chi connectivity index (χ2n) is 4.38. The summed E-state index contributed by atoms with van der Waals surface area (Å²) in [6.45, 7) is 4.06. The van der Waals surface area contributed by atoms with Crippen molar-refractivity contribution in [1.82, 2.24) is 0 Å². The summed E-state index contributed by atoms with van der Waals surface area (Å²) in [5, 5.41) is 19.8. The van der Waals surface area contributed by atoms with Crippen LogP contribution in [0.2, 0.25) is 0 Å². The Morgan fingerprint density at radius 2 is 2.21 bits per heavy atom. The molecule has 0 aliphatic carbocycles. The number of hydrogen-bond donors (Lipinski definition) is 0. The average molecular weight is 263 g/mol. The minimum absolute atomic E-state index is 0.0587. The molecule has 0 saturated heterocycles. The summed E-state index contributed by atoms with van der Waals surface area (Å²) in [4.78, 5) is 12.5. The van der Waals surface area contributed by atoms with E-state index in [1.807, 2.05) is 19.9 Å². The van der Waals surface area contributed by atoms with Crippen LogP contribution in [0.3, 0.4) is 0 Å². The molecule has 0 fully saturated rings. The maximum atomic E-state index is 11.2. The van der Waals surface area contributed by atoms with Crippen molar-refractivity contribution in [3.63, 3.8) is 0 Å². The highest BCUT2D eigenvalue weighted by molar-refractivity contribution is 5.69. The number of para-hydroxylation sites is 1. The summed E-state index contributed by atoms with van der Waals surface area (Å²) in [6.07, 6.45) is 0.168. The van der Waals surface area contributed by atoms with Gasteiger partial charge in [-0.1, -0.05) is 6.07 Å². The van der Waals surface area contributed by atoms with Crippen molar-refractivity contribution in [2.75, 3.05) is 18.5 Å². The Kier molecular flexibility index (Phi) is 5.12. The number of nitriles is 1. The summed E-state index contributed by atoms with van der Waals surface area (Å²) in [5.41, 5.74) is 0.398. The third-order valence-corrected chi connectivity index (χ3v) is 2.49. The third-order valence-electron chi connectivity index (χ3n) is 2.49. The molecule has 0 saturated carbocycles. The van der Waals surface area contributed by atoms with Gasteiger partial charge in [0.15, 0.2) is 5.75 Å². The van der Waals surface area contributed by atoms with Crippen molar-refractivity contribution < 1.29 is 9.66 Å². The quantitative estimate of drug-likeness (QED) is 0.582. The summed E-state index contributed by atoms with van der Waals surface area (Å²) in [6, 6.07) is 6.97. The van der Waals surface area contributed by atoms with Gasteiger partial charge in [0.25, 0.3) is 0 Å². The van der Waals surface area contributed by atoms with Crippen molar-refractivity contribution in [1.29, 1.82) is 5.26 Å². The van der Waals surface area contributed by atoms with Gasteiger partial charge in [-0.15, -0.1) is 0 Å². The van der Waals surface area contributed by atoms with Crippen molar-refractivity contribution in [3.05, 3.63) is 28.3 Å². The van der Waals surface area contributed by atoms with Crippen LogP contribution in [0, 0.1) is 21.4 Å². The van der Waals surface area contributed by atoms with Crippen LogP contribution in [-0.2, 0) is 0 Å². The molecule has 0 radical (unpaired) electrons. The Balaban J connectivity index is 3.17. The highest BCUT2D eigenvalue weighted by Gasteiger charge is 2.23. The van der Waals surface area contributed by atoms with E-state index in [4.69, 9.17) is 10.00 Å². The van der Waals surface area contributed by atoms with Gasteiger partial charge in [-0.2, -0.15) is 5.26 Å². The van der Waals surface area contributed by atoms with Gasteiger partial charge in [0.1, 0.15) is 5.69 Å². The number of ether oxygens (including phenoxy) is 1. The molecule has 102 valence electrons. The summed E-state index contributed by atoms with van der Waals surface area (Å²) < 4.78 is 5.47. The summed E-state index contributed by atoms with van der Waals surface area (Å²) in [5.74, 6) is 0.251. The number of benzene rings is 1. The lowest BCUT2D eigenvalue weighted by atomic mass is 10.2. The van der Waals surface area contributed by atoms with Crippen LogP contribution in [0.25, 0.3) is 0 Å². The Bertz CT molecular complexity index is 494. The molecule has 1 aromatic rings. The van der Waals surface area contributed by atoms with Crippen LogP contribution in [0.5, 0.6) is 5.75 Å². The standard InChI is InChI=1S/C13H17N3O3/c1-10(2)19-12-7-4-6-11(13(12)16(17)18)15(3)9-5-8-14/h4,6-7,10H,5,9H2,1-3H3. The Hall–Kier alpha value is -2.29. The maximum absolute atomic E-state index is 11.2. The Morgan fingerprint density at radius 3 is 2.74 bits per heavy atom. The van der Waals surface area contributed by atoms with E-state index in [-0.39, 0.29) is 17.5 Å². The molecule has 0 N–H and O–H groups in total. The molecule has 1 rings (SSSR count). The fraction of sp³-hybridized carbons (Fsp3) is 0.462. The first-order chi connectivity index (χ1) is 8.97. The predicted molar refractivity (Wildman–Crippen MR) is 72.4 cm³/mol. The molecular weight excluding hydrogens is 246 g/mol. The molecule has 1 aromatic carbocycles. The molecule has 0 atom stereocenters. The molecule has 0 spiro atoms. The van der Waals surface area contributed by atoms with Crippen LogP contribution in [0.1, 0.15) is 20.3 Å². The number of hydrogen-bond acceptors (Lipinski definition) is 5. The highest BCUT2D eigenvalue weighted by Crippen LogP contribution is 2.37. The van der Waals surface area contributed by atoms with E-state index in [0.29, 0.717) is 18.7 Å². The molecule has 19 heavy (non-hydrogen) atoms. The maximum Gasteiger partial charge on any atom is 0.333 e. The molecule has 0 amide bonds. The van der Waals surface area contributed by atoms with Gasteiger partial charge >= 0.3 is 5.69 Å². The molecule has 6 nitrogen and oxygen atoms in total. The van der Waals surface area contributed by atoms with Crippen molar-refractivity contribution in [2.45, 2.75) is 26.4 Å². The predicted octanol–water partition coefficient (Wildman–Crippen LogP) is 2.73. The fourth-order valence-electron chi connectivity index (χ4n) is 1.69.